The first-order chi connectivity index (χ1) is 14.4. The molecule has 2 heterocycles. The van der Waals surface area contributed by atoms with Crippen LogP contribution in [0.4, 0.5) is 10.6 Å². The Kier molecular flexibility index (Phi) is 9.70. The number of aliphatic imine (C=N–C) groups is 1. The van der Waals surface area contributed by atoms with Gasteiger partial charge < -0.3 is 25.6 Å². The lowest BCUT2D eigenvalue weighted by Gasteiger charge is -2.21. The summed E-state index contributed by atoms with van der Waals surface area (Å²) < 4.78 is 5.23. The first kappa shape index (κ1) is 23.8. The third-order valence-corrected chi connectivity index (χ3v) is 4.59. The van der Waals surface area contributed by atoms with Gasteiger partial charge >= 0.3 is 6.09 Å². The van der Waals surface area contributed by atoms with Crippen molar-refractivity contribution >= 4 is 17.9 Å². The number of ether oxygens (including phenoxy) is 1. The highest BCUT2D eigenvalue weighted by Gasteiger charge is 2.15. The van der Waals surface area contributed by atoms with Crippen LogP contribution in [0.15, 0.2) is 23.3 Å². The number of guanidine groups is 1. The smallest absolute Gasteiger partial charge is 0.407 e. The zero-order chi connectivity index (χ0) is 21.8. The van der Waals surface area contributed by atoms with Crippen LogP contribution in [-0.4, -0.2) is 55.4 Å². The maximum atomic E-state index is 11.7. The molecule has 0 aliphatic carbocycles. The fourth-order valence-corrected chi connectivity index (χ4v) is 3.20. The minimum absolute atomic E-state index is 0.413. The van der Waals surface area contributed by atoms with Crippen LogP contribution in [-0.2, 0) is 11.3 Å². The van der Waals surface area contributed by atoms with E-state index in [0.29, 0.717) is 19.6 Å². The van der Waals surface area contributed by atoms with Crippen molar-refractivity contribution in [2.75, 3.05) is 37.6 Å². The summed E-state index contributed by atoms with van der Waals surface area (Å²) in [7, 11) is 0. The van der Waals surface area contributed by atoms with Crippen molar-refractivity contribution in [1.29, 1.82) is 0 Å². The van der Waals surface area contributed by atoms with Crippen molar-refractivity contribution in [3.8, 4) is 0 Å². The molecule has 1 aromatic heterocycles. The lowest BCUT2D eigenvalue weighted by atomic mass is 10.2. The highest BCUT2D eigenvalue weighted by atomic mass is 16.6. The van der Waals surface area contributed by atoms with Gasteiger partial charge in [-0.3, -0.25) is 0 Å². The Morgan fingerprint density at radius 3 is 2.50 bits per heavy atom. The van der Waals surface area contributed by atoms with Gasteiger partial charge in [0.1, 0.15) is 11.4 Å². The van der Waals surface area contributed by atoms with Gasteiger partial charge in [0, 0.05) is 38.9 Å². The van der Waals surface area contributed by atoms with Crippen LogP contribution >= 0.6 is 0 Å². The van der Waals surface area contributed by atoms with Crippen molar-refractivity contribution in [3.63, 3.8) is 0 Å². The van der Waals surface area contributed by atoms with Gasteiger partial charge in [-0.2, -0.15) is 0 Å². The SMILES string of the molecule is CCNC(=NCc1ccnc(N2CCCCCC2)c1)NCCNC(=O)OC(C)(C)C. The molecule has 0 aromatic carbocycles. The summed E-state index contributed by atoms with van der Waals surface area (Å²) in [4.78, 5) is 23.3. The summed E-state index contributed by atoms with van der Waals surface area (Å²) in [6.07, 6.45) is 6.54. The summed E-state index contributed by atoms with van der Waals surface area (Å²) in [5.41, 5.74) is 0.637. The molecule has 0 bridgehead atoms. The number of rotatable bonds is 7. The Labute approximate surface area is 180 Å². The zero-order valence-electron chi connectivity index (χ0n) is 19.0. The van der Waals surface area contributed by atoms with E-state index in [1.807, 2.05) is 40.0 Å². The van der Waals surface area contributed by atoms with Gasteiger partial charge in [0.2, 0.25) is 0 Å². The molecule has 1 fully saturated rings. The quantitative estimate of drug-likeness (QED) is 0.358. The molecule has 1 aromatic rings. The number of carbonyl (C=O) groups excluding carboxylic acids is 1. The summed E-state index contributed by atoms with van der Waals surface area (Å²) in [5.74, 6) is 1.76. The molecule has 2 rings (SSSR count). The third-order valence-electron chi connectivity index (χ3n) is 4.59. The lowest BCUT2D eigenvalue weighted by molar-refractivity contribution is 0.0529. The van der Waals surface area contributed by atoms with Crippen molar-refractivity contribution in [1.82, 2.24) is 20.9 Å². The number of hydrogen-bond acceptors (Lipinski definition) is 5. The van der Waals surface area contributed by atoms with E-state index < -0.39 is 11.7 Å². The van der Waals surface area contributed by atoms with Crippen molar-refractivity contribution in [3.05, 3.63) is 23.9 Å². The number of anilines is 1. The van der Waals surface area contributed by atoms with Crippen LogP contribution in [0, 0.1) is 0 Å². The maximum absolute atomic E-state index is 11.7. The van der Waals surface area contributed by atoms with Gasteiger partial charge in [-0.1, -0.05) is 12.8 Å². The molecule has 168 valence electrons. The first-order valence-electron chi connectivity index (χ1n) is 11.1. The van der Waals surface area contributed by atoms with E-state index in [0.717, 1.165) is 37.0 Å². The van der Waals surface area contributed by atoms with E-state index in [2.05, 4.69) is 36.9 Å². The lowest BCUT2D eigenvalue weighted by Crippen LogP contribution is -2.42. The van der Waals surface area contributed by atoms with E-state index in [4.69, 9.17) is 4.74 Å². The van der Waals surface area contributed by atoms with Gasteiger partial charge in [0.15, 0.2) is 5.96 Å². The Balaban J connectivity index is 1.85. The summed E-state index contributed by atoms with van der Waals surface area (Å²) in [6.45, 7) is 12.1. The Hall–Kier alpha value is -2.51. The zero-order valence-corrected chi connectivity index (χ0v) is 19.0. The second-order valence-corrected chi connectivity index (χ2v) is 8.47. The van der Waals surface area contributed by atoms with E-state index >= 15 is 0 Å². The van der Waals surface area contributed by atoms with Gasteiger partial charge in [0.25, 0.3) is 0 Å². The number of amides is 1. The number of hydrogen-bond donors (Lipinski definition) is 3. The molecule has 1 aliphatic rings. The average Bonchev–Trinajstić information content (AvgIpc) is 2.98. The molecular formula is C22H38N6O2. The van der Waals surface area contributed by atoms with Gasteiger partial charge in [-0.05, 0) is 58.2 Å². The monoisotopic (exact) mass is 418 g/mol. The van der Waals surface area contributed by atoms with Crippen LogP contribution in [0.3, 0.4) is 0 Å². The predicted octanol–water partition coefficient (Wildman–Crippen LogP) is 3.04. The number of pyridine rings is 1. The number of carbonyl (C=O) groups is 1. The van der Waals surface area contributed by atoms with E-state index in [-0.39, 0.29) is 0 Å². The fraction of sp³-hybridized carbons (Fsp3) is 0.682. The largest absolute Gasteiger partial charge is 0.444 e. The predicted molar refractivity (Wildman–Crippen MR) is 122 cm³/mol. The molecule has 8 heteroatoms. The minimum Gasteiger partial charge on any atom is -0.444 e. The Bertz CT molecular complexity index is 678. The molecule has 0 spiro atoms. The van der Waals surface area contributed by atoms with Gasteiger partial charge in [-0.25, -0.2) is 14.8 Å². The third kappa shape index (κ3) is 9.33. The Morgan fingerprint density at radius 2 is 1.83 bits per heavy atom. The fourth-order valence-electron chi connectivity index (χ4n) is 3.20. The molecule has 1 saturated heterocycles. The van der Waals surface area contributed by atoms with Gasteiger partial charge in [-0.15, -0.1) is 0 Å². The van der Waals surface area contributed by atoms with Gasteiger partial charge in [0.05, 0.1) is 6.54 Å². The highest BCUT2D eigenvalue weighted by molar-refractivity contribution is 5.79. The first-order valence-corrected chi connectivity index (χ1v) is 11.1. The van der Waals surface area contributed by atoms with E-state index in [1.54, 1.807) is 0 Å². The van der Waals surface area contributed by atoms with Crippen LogP contribution in [0.5, 0.6) is 0 Å². The van der Waals surface area contributed by atoms with Crippen LogP contribution < -0.4 is 20.9 Å². The molecule has 0 atom stereocenters. The van der Waals surface area contributed by atoms with Crippen LogP contribution in [0.25, 0.3) is 0 Å². The molecule has 30 heavy (non-hydrogen) atoms. The summed E-state index contributed by atoms with van der Waals surface area (Å²) in [5, 5.41) is 9.21. The number of nitrogens with one attached hydrogen (secondary N) is 3. The molecule has 1 aliphatic heterocycles. The molecule has 1 amide bonds. The average molecular weight is 419 g/mol. The number of aromatic nitrogens is 1. The molecular weight excluding hydrogens is 380 g/mol. The summed E-state index contributed by atoms with van der Waals surface area (Å²) in [6, 6.07) is 4.15. The second-order valence-electron chi connectivity index (χ2n) is 8.47. The van der Waals surface area contributed by atoms with Crippen molar-refractivity contribution < 1.29 is 9.53 Å². The normalized spacial score (nSPS) is 15.3. The van der Waals surface area contributed by atoms with E-state index in [9.17, 15) is 4.79 Å². The molecule has 0 saturated carbocycles. The molecule has 8 nitrogen and oxygen atoms in total. The van der Waals surface area contributed by atoms with Crippen LogP contribution in [0.1, 0.15) is 58.9 Å². The minimum atomic E-state index is -0.495. The molecule has 0 unspecified atom stereocenters. The van der Waals surface area contributed by atoms with Crippen LogP contribution in [0.2, 0.25) is 0 Å². The highest BCUT2D eigenvalue weighted by Crippen LogP contribution is 2.18. The number of nitrogens with zero attached hydrogens (tertiary/aromatic N) is 3. The van der Waals surface area contributed by atoms with Crippen molar-refractivity contribution in [2.24, 2.45) is 4.99 Å². The molecule has 3 N–H and O–H groups in total. The topological polar surface area (TPSA) is 90.9 Å². The summed E-state index contributed by atoms with van der Waals surface area (Å²) >= 11 is 0. The maximum Gasteiger partial charge on any atom is 0.407 e. The standard InChI is InChI=1S/C22H38N6O2/c1-5-23-20(25-12-13-26-21(29)30-22(2,3)4)27-17-18-10-11-24-19(16-18)28-14-8-6-7-9-15-28/h10-11,16H,5-9,12-15,17H2,1-4H3,(H,26,29)(H2,23,25,27). The number of alkyl carbamates (subject to hydrolysis) is 1. The molecule has 0 radical (unpaired) electrons. The van der Waals surface area contributed by atoms with E-state index in [1.165, 1.54) is 25.7 Å². The Morgan fingerprint density at radius 1 is 1.13 bits per heavy atom. The second kappa shape index (κ2) is 12.2. The van der Waals surface area contributed by atoms with Crippen molar-refractivity contribution in [2.45, 2.75) is 65.5 Å².